The first kappa shape index (κ1) is 16.4. The highest BCUT2D eigenvalue weighted by Crippen LogP contribution is 2.14. The van der Waals surface area contributed by atoms with E-state index in [1.54, 1.807) is 37.3 Å². The summed E-state index contributed by atoms with van der Waals surface area (Å²) in [5.74, 6) is -1.34. The van der Waals surface area contributed by atoms with Crippen LogP contribution in [0.2, 0.25) is 0 Å². The number of rotatable bonds is 6. The summed E-state index contributed by atoms with van der Waals surface area (Å²) in [6, 6.07) is 10.1. The Morgan fingerprint density at radius 3 is 2.39 bits per heavy atom. The minimum Gasteiger partial charge on any atom is -0.481 e. The number of aliphatic carboxylic acids is 1. The average Bonchev–Trinajstić information content (AvgIpc) is 2.56. The van der Waals surface area contributed by atoms with Crippen molar-refractivity contribution in [3.05, 3.63) is 47.7 Å². The lowest BCUT2D eigenvalue weighted by molar-refractivity contribution is -0.141. The maximum absolute atomic E-state index is 12.0. The highest BCUT2D eigenvalue weighted by atomic mass is 16.5. The van der Waals surface area contributed by atoms with Gasteiger partial charge in [-0.1, -0.05) is 19.1 Å². The number of nitrogens with one attached hydrogen (secondary N) is 1. The van der Waals surface area contributed by atoms with E-state index < -0.39 is 11.9 Å². The van der Waals surface area contributed by atoms with Crippen molar-refractivity contribution in [1.82, 2.24) is 10.2 Å². The SMILES string of the molecule is COc1ccc(C(=O)Nc2ccc(C[C@@H](C)C(=O)O)cc2)nn1. The lowest BCUT2D eigenvalue weighted by Gasteiger charge is -2.08. The first-order chi connectivity index (χ1) is 11.0. The summed E-state index contributed by atoms with van der Waals surface area (Å²) in [6.07, 6.45) is 0.438. The molecule has 120 valence electrons. The smallest absolute Gasteiger partial charge is 0.306 e. The van der Waals surface area contributed by atoms with Crippen molar-refractivity contribution in [3.8, 4) is 5.88 Å². The molecular weight excluding hydrogens is 298 g/mol. The van der Waals surface area contributed by atoms with Gasteiger partial charge in [0.05, 0.1) is 13.0 Å². The molecule has 0 fully saturated rings. The van der Waals surface area contributed by atoms with Gasteiger partial charge in [-0.2, -0.15) is 0 Å². The van der Waals surface area contributed by atoms with Gasteiger partial charge in [0.2, 0.25) is 5.88 Å². The molecule has 0 unspecified atom stereocenters. The number of carboxylic acid groups (broad SMARTS) is 1. The maximum atomic E-state index is 12.0. The molecule has 0 aliphatic rings. The molecule has 2 N–H and O–H groups in total. The molecule has 7 nitrogen and oxygen atoms in total. The molecule has 2 rings (SSSR count). The Hall–Kier alpha value is -2.96. The van der Waals surface area contributed by atoms with Crippen molar-refractivity contribution < 1.29 is 19.4 Å². The van der Waals surface area contributed by atoms with Crippen LogP contribution in [0.15, 0.2) is 36.4 Å². The molecule has 1 amide bonds. The normalized spacial score (nSPS) is 11.6. The minimum atomic E-state index is -0.833. The van der Waals surface area contributed by atoms with Crippen molar-refractivity contribution in [2.75, 3.05) is 12.4 Å². The fourth-order valence-corrected chi connectivity index (χ4v) is 1.91. The average molecular weight is 315 g/mol. The molecule has 0 saturated heterocycles. The Balaban J connectivity index is 1.99. The standard InChI is InChI=1S/C16H17N3O4/c1-10(16(21)22)9-11-3-5-12(6-4-11)17-15(20)13-7-8-14(23-2)19-18-13/h3-8,10H,9H2,1-2H3,(H,17,20)(H,21,22)/t10-/m1/s1. The Labute approximate surface area is 133 Å². The van der Waals surface area contributed by atoms with Crippen LogP contribution in [-0.4, -0.2) is 34.3 Å². The molecule has 0 bridgehead atoms. The van der Waals surface area contributed by atoms with Gasteiger partial charge < -0.3 is 15.2 Å². The lowest BCUT2D eigenvalue weighted by Crippen LogP contribution is -2.15. The molecule has 1 aromatic carbocycles. The third-order valence-corrected chi connectivity index (χ3v) is 3.26. The second-order valence-electron chi connectivity index (χ2n) is 5.06. The molecule has 0 radical (unpaired) electrons. The quantitative estimate of drug-likeness (QED) is 0.845. The van der Waals surface area contributed by atoms with Crippen LogP contribution in [0.25, 0.3) is 0 Å². The summed E-state index contributed by atoms with van der Waals surface area (Å²) in [5, 5.41) is 19.1. The highest BCUT2D eigenvalue weighted by molar-refractivity contribution is 6.02. The summed E-state index contributed by atoms with van der Waals surface area (Å²) >= 11 is 0. The number of aromatic nitrogens is 2. The van der Waals surface area contributed by atoms with Crippen molar-refractivity contribution in [1.29, 1.82) is 0 Å². The molecule has 1 aromatic heterocycles. The summed E-state index contributed by atoms with van der Waals surface area (Å²) in [6.45, 7) is 1.65. The zero-order valence-corrected chi connectivity index (χ0v) is 12.8. The van der Waals surface area contributed by atoms with Gasteiger partial charge in [-0.15, -0.1) is 10.2 Å². The van der Waals surface area contributed by atoms with Crippen LogP contribution >= 0.6 is 0 Å². The number of carboxylic acids is 1. The number of hydrogen-bond donors (Lipinski definition) is 2. The van der Waals surface area contributed by atoms with Crippen LogP contribution < -0.4 is 10.1 Å². The van der Waals surface area contributed by atoms with Crippen LogP contribution in [0.5, 0.6) is 5.88 Å². The fraction of sp³-hybridized carbons (Fsp3) is 0.250. The number of amides is 1. The minimum absolute atomic E-state index is 0.175. The van der Waals surface area contributed by atoms with E-state index in [0.29, 0.717) is 18.0 Å². The predicted molar refractivity (Wildman–Crippen MR) is 83.5 cm³/mol. The largest absolute Gasteiger partial charge is 0.481 e. The number of carbonyl (C=O) groups excluding carboxylic acids is 1. The number of carbonyl (C=O) groups is 2. The van der Waals surface area contributed by atoms with E-state index in [-0.39, 0.29) is 11.6 Å². The van der Waals surface area contributed by atoms with Crippen molar-refractivity contribution in [2.45, 2.75) is 13.3 Å². The predicted octanol–water partition coefficient (Wildman–Crippen LogP) is 2.00. The zero-order chi connectivity index (χ0) is 16.8. The third kappa shape index (κ3) is 4.50. The molecule has 0 spiro atoms. The second-order valence-corrected chi connectivity index (χ2v) is 5.06. The van der Waals surface area contributed by atoms with Crippen LogP contribution in [0.3, 0.4) is 0 Å². The molecule has 0 aliphatic carbocycles. The third-order valence-electron chi connectivity index (χ3n) is 3.26. The monoisotopic (exact) mass is 315 g/mol. The van der Waals surface area contributed by atoms with Crippen LogP contribution in [0, 0.1) is 5.92 Å². The lowest BCUT2D eigenvalue weighted by atomic mass is 10.0. The van der Waals surface area contributed by atoms with Crippen molar-refractivity contribution in [3.63, 3.8) is 0 Å². The van der Waals surface area contributed by atoms with Gasteiger partial charge in [0, 0.05) is 11.8 Å². The zero-order valence-electron chi connectivity index (χ0n) is 12.8. The first-order valence-electron chi connectivity index (χ1n) is 7.00. The highest BCUT2D eigenvalue weighted by Gasteiger charge is 2.12. The van der Waals surface area contributed by atoms with Gasteiger partial charge >= 0.3 is 5.97 Å². The number of benzene rings is 1. The number of anilines is 1. The van der Waals surface area contributed by atoms with E-state index in [0.717, 1.165) is 5.56 Å². The van der Waals surface area contributed by atoms with Crippen LogP contribution in [-0.2, 0) is 11.2 Å². The van der Waals surface area contributed by atoms with Crippen molar-refractivity contribution in [2.24, 2.45) is 5.92 Å². The van der Waals surface area contributed by atoms with Crippen molar-refractivity contribution >= 4 is 17.6 Å². The fourth-order valence-electron chi connectivity index (χ4n) is 1.91. The topological polar surface area (TPSA) is 101 Å². The summed E-state index contributed by atoms with van der Waals surface area (Å²) in [7, 11) is 1.47. The van der Waals surface area contributed by atoms with E-state index in [9.17, 15) is 9.59 Å². The number of ether oxygens (including phenoxy) is 1. The Bertz CT molecular complexity index is 683. The molecule has 0 aliphatic heterocycles. The Morgan fingerprint density at radius 1 is 1.17 bits per heavy atom. The molecule has 1 atom stereocenters. The molecule has 2 aromatic rings. The van der Waals surface area contributed by atoms with Gasteiger partial charge in [-0.05, 0) is 30.2 Å². The van der Waals surface area contributed by atoms with Gasteiger partial charge in [0.15, 0.2) is 5.69 Å². The summed E-state index contributed by atoms with van der Waals surface area (Å²) in [4.78, 5) is 22.9. The molecular formula is C16H17N3O4. The number of hydrogen-bond acceptors (Lipinski definition) is 5. The van der Waals surface area contributed by atoms with Gasteiger partial charge in [-0.3, -0.25) is 9.59 Å². The van der Waals surface area contributed by atoms with Crippen LogP contribution in [0.1, 0.15) is 23.0 Å². The molecule has 7 heteroatoms. The summed E-state index contributed by atoms with van der Waals surface area (Å²) in [5.41, 5.74) is 1.66. The molecule has 23 heavy (non-hydrogen) atoms. The second kappa shape index (κ2) is 7.35. The number of methoxy groups -OCH3 is 1. The van der Waals surface area contributed by atoms with Crippen LogP contribution in [0.4, 0.5) is 5.69 Å². The maximum Gasteiger partial charge on any atom is 0.306 e. The summed E-state index contributed by atoms with van der Waals surface area (Å²) < 4.78 is 4.88. The van der Waals surface area contributed by atoms with E-state index in [4.69, 9.17) is 9.84 Å². The van der Waals surface area contributed by atoms with E-state index in [1.165, 1.54) is 13.2 Å². The van der Waals surface area contributed by atoms with Gasteiger partial charge in [-0.25, -0.2) is 0 Å². The molecule has 0 saturated carbocycles. The molecule has 1 heterocycles. The Morgan fingerprint density at radius 2 is 1.87 bits per heavy atom. The van der Waals surface area contributed by atoms with E-state index in [1.807, 2.05) is 0 Å². The Kier molecular flexibility index (Phi) is 5.24. The van der Waals surface area contributed by atoms with E-state index in [2.05, 4.69) is 15.5 Å². The van der Waals surface area contributed by atoms with Gasteiger partial charge in [0.25, 0.3) is 5.91 Å². The number of nitrogens with zero attached hydrogens (tertiary/aromatic N) is 2. The first-order valence-corrected chi connectivity index (χ1v) is 7.00. The van der Waals surface area contributed by atoms with Gasteiger partial charge in [0.1, 0.15) is 0 Å². The van der Waals surface area contributed by atoms with E-state index >= 15 is 0 Å².